The van der Waals surface area contributed by atoms with E-state index in [1.807, 2.05) is 24.8 Å². The first-order valence-corrected chi connectivity index (χ1v) is 10.5. The molecule has 0 radical (unpaired) electrons. The van der Waals surface area contributed by atoms with Gasteiger partial charge in [0.05, 0.1) is 18.3 Å². The minimum atomic E-state index is -0.777. The Hall–Kier alpha value is -3.33. The van der Waals surface area contributed by atoms with Crippen LogP contribution in [0.25, 0.3) is 11.3 Å². The van der Waals surface area contributed by atoms with Gasteiger partial charge in [0.15, 0.2) is 11.5 Å². The Bertz CT molecular complexity index is 1290. The van der Waals surface area contributed by atoms with Crippen molar-refractivity contribution in [1.82, 2.24) is 19.8 Å². The van der Waals surface area contributed by atoms with Crippen LogP contribution in [-0.4, -0.2) is 32.3 Å². The van der Waals surface area contributed by atoms with E-state index in [1.165, 1.54) is 17.7 Å². The first kappa shape index (κ1) is 19.6. The number of fused-ring (bicyclic) bond motifs is 1. The third-order valence-electron chi connectivity index (χ3n) is 5.74. The van der Waals surface area contributed by atoms with Gasteiger partial charge in [0, 0.05) is 47.8 Å². The highest BCUT2D eigenvalue weighted by molar-refractivity contribution is 7.10. The lowest BCUT2D eigenvalue weighted by molar-refractivity contribution is 0.0688. The van der Waals surface area contributed by atoms with Gasteiger partial charge >= 0.3 is 0 Å². The molecule has 0 saturated heterocycles. The molecule has 1 aliphatic heterocycles. The summed E-state index contributed by atoms with van der Waals surface area (Å²) in [5.74, 6) is -1.70. The normalized spacial score (nSPS) is 18.3. The fourth-order valence-electron chi connectivity index (χ4n) is 4.10. The zero-order valence-electron chi connectivity index (χ0n) is 16.8. The van der Waals surface area contributed by atoms with E-state index in [2.05, 4.69) is 23.2 Å². The van der Waals surface area contributed by atoms with Crippen molar-refractivity contribution in [3.63, 3.8) is 0 Å². The van der Waals surface area contributed by atoms with Gasteiger partial charge in [-0.1, -0.05) is 5.16 Å². The lowest BCUT2D eigenvalue weighted by atomic mass is 9.75. The maximum Gasteiger partial charge on any atom is 0.276 e. The van der Waals surface area contributed by atoms with Crippen LogP contribution in [0.5, 0.6) is 0 Å². The van der Waals surface area contributed by atoms with E-state index in [-0.39, 0.29) is 22.9 Å². The van der Waals surface area contributed by atoms with Crippen LogP contribution in [0.2, 0.25) is 0 Å². The second-order valence-electron chi connectivity index (χ2n) is 7.85. The number of aryl methyl sites for hydroxylation is 1. The number of carbonyl (C=O) groups is 1. The van der Waals surface area contributed by atoms with Gasteiger partial charge in [0.25, 0.3) is 5.91 Å². The molecule has 9 heteroatoms. The number of aromatic nitrogens is 3. The van der Waals surface area contributed by atoms with Crippen molar-refractivity contribution in [2.24, 2.45) is 7.05 Å². The van der Waals surface area contributed by atoms with Crippen molar-refractivity contribution in [2.45, 2.75) is 18.9 Å². The highest BCUT2D eigenvalue weighted by Gasteiger charge is 2.41. The van der Waals surface area contributed by atoms with Crippen LogP contribution >= 0.6 is 11.3 Å². The van der Waals surface area contributed by atoms with Crippen LogP contribution in [0.4, 0.5) is 8.78 Å². The average molecular weight is 440 g/mol. The molecule has 0 spiro atoms. The fraction of sp³-hybridized carbons (Fsp3) is 0.227. The van der Waals surface area contributed by atoms with E-state index in [0.29, 0.717) is 13.1 Å². The molecule has 1 aliphatic rings. The molecular formula is C22H18F2N4O2S. The minimum absolute atomic E-state index is 0.0485. The summed E-state index contributed by atoms with van der Waals surface area (Å²) < 4.78 is 34.2. The third kappa shape index (κ3) is 3.25. The summed E-state index contributed by atoms with van der Waals surface area (Å²) >= 11 is 1.60. The first-order valence-electron chi connectivity index (χ1n) is 9.62. The zero-order valence-corrected chi connectivity index (χ0v) is 17.6. The van der Waals surface area contributed by atoms with Crippen LogP contribution in [0, 0.1) is 11.6 Å². The molecule has 4 aromatic rings. The first-order chi connectivity index (χ1) is 14.8. The number of thiophene rings is 1. The molecule has 0 fully saturated rings. The summed E-state index contributed by atoms with van der Waals surface area (Å²) in [6.07, 6.45) is 3.78. The Morgan fingerprint density at radius 3 is 2.84 bits per heavy atom. The molecule has 1 unspecified atom stereocenters. The SMILES string of the molecule is Cn1cc(C2(C)CN(C(=O)c3cc(-c4ccc(F)cc4F)on3)Cc3sccc32)cn1. The predicted molar refractivity (Wildman–Crippen MR) is 111 cm³/mol. The van der Waals surface area contributed by atoms with E-state index in [0.717, 1.165) is 22.6 Å². The largest absolute Gasteiger partial charge is 0.355 e. The summed E-state index contributed by atoms with van der Waals surface area (Å²) in [6, 6.07) is 6.65. The van der Waals surface area contributed by atoms with E-state index in [9.17, 15) is 13.6 Å². The molecule has 4 heterocycles. The van der Waals surface area contributed by atoms with Gasteiger partial charge in [-0.2, -0.15) is 5.10 Å². The molecule has 0 aliphatic carbocycles. The van der Waals surface area contributed by atoms with Crippen LogP contribution < -0.4 is 0 Å². The average Bonchev–Trinajstić information content (AvgIpc) is 3.48. The topological polar surface area (TPSA) is 64.2 Å². The molecule has 1 atom stereocenters. The monoisotopic (exact) mass is 440 g/mol. The highest BCUT2D eigenvalue weighted by Crippen LogP contribution is 2.41. The second-order valence-corrected chi connectivity index (χ2v) is 8.85. The van der Waals surface area contributed by atoms with Crippen LogP contribution in [0.1, 0.15) is 33.4 Å². The van der Waals surface area contributed by atoms with Crippen molar-refractivity contribution in [1.29, 1.82) is 0 Å². The number of nitrogens with zero attached hydrogens (tertiary/aromatic N) is 4. The maximum atomic E-state index is 14.1. The number of benzene rings is 1. The van der Waals surface area contributed by atoms with E-state index in [4.69, 9.17) is 4.52 Å². The number of carbonyl (C=O) groups excluding carboxylic acids is 1. The van der Waals surface area contributed by atoms with Crippen molar-refractivity contribution in [3.8, 4) is 11.3 Å². The number of hydrogen-bond donors (Lipinski definition) is 0. The molecule has 0 saturated carbocycles. The minimum Gasteiger partial charge on any atom is -0.355 e. The van der Waals surface area contributed by atoms with Crippen molar-refractivity contribution < 1.29 is 18.1 Å². The molecule has 6 nitrogen and oxygen atoms in total. The van der Waals surface area contributed by atoms with E-state index in [1.54, 1.807) is 20.9 Å². The lowest BCUT2D eigenvalue weighted by Gasteiger charge is -2.40. The molecule has 31 heavy (non-hydrogen) atoms. The molecule has 158 valence electrons. The van der Waals surface area contributed by atoms with Gasteiger partial charge in [-0.15, -0.1) is 11.3 Å². The van der Waals surface area contributed by atoms with Crippen molar-refractivity contribution in [3.05, 3.63) is 81.4 Å². The molecule has 5 rings (SSSR count). The van der Waals surface area contributed by atoms with Gasteiger partial charge in [0.1, 0.15) is 11.6 Å². The van der Waals surface area contributed by atoms with Crippen LogP contribution in [0.15, 0.2) is 52.6 Å². The van der Waals surface area contributed by atoms with Gasteiger partial charge < -0.3 is 9.42 Å². The van der Waals surface area contributed by atoms with Gasteiger partial charge in [-0.05, 0) is 36.1 Å². The number of hydrogen-bond acceptors (Lipinski definition) is 5. The smallest absolute Gasteiger partial charge is 0.276 e. The van der Waals surface area contributed by atoms with E-state index < -0.39 is 17.0 Å². The van der Waals surface area contributed by atoms with E-state index >= 15 is 0 Å². The molecule has 1 aromatic carbocycles. The van der Waals surface area contributed by atoms with Crippen LogP contribution in [0.3, 0.4) is 0 Å². The Morgan fingerprint density at radius 1 is 1.26 bits per heavy atom. The molecular weight excluding hydrogens is 422 g/mol. The number of rotatable bonds is 3. The molecule has 0 bridgehead atoms. The summed E-state index contributed by atoms with van der Waals surface area (Å²) in [5, 5.41) is 10.2. The fourth-order valence-corrected chi connectivity index (χ4v) is 5.12. The van der Waals surface area contributed by atoms with Crippen molar-refractivity contribution in [2.75, 3.05) is 6.54 Å². The van der Waals surface area contributed by atoms with Gasteiger partial charge in [0.2, 0.25) is 0 Å². The summed E-state index contributed by atoms with van der Waals surface area (Å²) in [7, 11) is 1.86. The standard InChI is InChI=1S/C22H18F2N4O2S/c1-22(13-9-25-27(2)10-13)12-28(11-20-16(22)5-6-31-20)21(29)18-8-19(30-26-18)15-4-3-14(23)7-17(15)24/h3-10H,11-12H2,1-2H3. The summed E-state index contributed by atoms with van der Waals surface area (Å²) in [6.45, 7) is 2.99. The Morgan fingerprint density at radius 2 is 2.10 bits per heavy atom. The second kappa shape index (κ2) is 7.12. The highest BCUT2D eigenvalue weighted by atomic mass is 32.1. The Labute approximate surface area is 180 Å². The van der Waals surface area contributed by atoms with Gasteiger partial charge in [-0.25, -0.2) is 8.78 Å². The quantitative estimate of drug-likeness (QED) is 0.474. The zero-order chi connectivity index (χ0) is 21.8. The third-order valence-corrected chi connectivity index (χ3v) is 6.64. The Kier molecular flexibility index (Phi) is 4.51. The van der Waals surface area contributed by atoms with Crippen molar-refractivity contribution >= 4 is 17.2 Å². The number of amides is 1. The molecule has 0 N–H and O–H groups in total. The predicted octanol–water partition coefficient (Wildman–Crippen LogP) is 4.38. The number of halogens is 2. The van der Waals surface area contributed by atoms with Gasteiger partial charge in [-0.3, -0.25) is 9.48 Å². The van der Waals surface area contributed by atoms with Crippen LogP contribution in [-0.2, 0) is 19.0 Å². The molecule has 1 amide bonds. The maximum absolute atomic E-state index is 14.1. The summed E-state index contributed by atoms with van der Waals surface area (Å²) in [4.78, 5) is 16.1. The lowest BCUT2D eigenvalue weighted by Crippen LogP contribution is -2.46. The molecule has 3 aromatic heterocycles. The summed E-state index contributed by atoms with van der Waals surface area (Å²) in [5.41, 5.74) is 1.90. The Balaban J connectivity index is 1.47.